The predicted molar refractivity (Wildman–Crippen MR) is 69.4 cm³/mol. The van der Waals surface area contributed by atoms with Gasteiger partial charge in [0.05, 0.1) is 19.1 Å². The number of nitriles is 1. The van der Waals surface area contributed by atoms with Gasteiger partial charge in [-0.3, -0.25) is 15.3 Å². The first-order valence-corrected chi connectivity index (χ1v) is 6.31. The van der Waals surface area contributed by atoms with Crippen molar-refractivity contribution < 1.29 is 14.3 Å². The molecule has 0 amide bonds. The minimum atomic E-state index is -0.886. The lowest BCUT2D eigenvalue weighted by molar-refractivity contribution is -0.144. The standard InChI is InChI=1S/C13H16N4O3/c1-4-19-9(18)5-13(3)8(6-14)11(15)20-12-10(13)7(2)16-17-12/h8,15H,4-5H2,1-3H3,(H,16,17). The van der Waals surface area contributed by atoms with E-state index in [4.69, 9.17) is 14.9 Å². The number of esters is 1. The van der Waals surface area contributed by atoms with Crippen molar-refractivity contribution >= 4 is 11.9 Å². The summed E-state index contributed by atoms with van der Waals surface area (Å²) in [5.74, 6) is -1.20. The Balaban J connectivity index is 2.50. The number of aryl methyl sites for hydroxylation is 1. The largest absolute Gasteiger partial charge is 0.466 e. The van der Waals surface area contributed by atoms with Crippen molar-refractivity contribution in [2.75, 3.05) is 6.61 Å². The smallest absolute Gasteiger partial charge is 0.306 e. The van der Waals surface area contributed by atoms with Gasteiger partial charge in [0.1, 0.15) is 5.92 Å². The lowest BCUT2D eigenvalue weighted by Gasteiger charge is -2.36. The molecular formula is C13H16N4O3. The van der Waals surface area contributed by atoms with Crippen LogP contribution in [0.4, 0.5) is 0 Å². The molecule has 2 heterocycles. The van der Waals surface area contributed by atoms with Gasteiger partial charge in [-0.25, -0.2) is 0 Å². The van der Waals surface area contributed by atoms with Crippen LogP contribution in [0.1, 0.15) is 31.5 Å². The van der Waals surface area contributed by atoms with Crippen molar-refractivity contribution in [1.29, 1.82) is 10.7 Å². The van der Waals surface area contributed by atoms with E-state index in [0.29, 0.717) is 5.56 Å². The van der Waals surface area contributed by atoms with Crippen LogP contribution in [0.25, 0.3) is 0 Å². The van der Waals surface area contributed by atoms with Crippen molar-refractivity contribution in [2.45, 2.75) is 32.6 Å². The minimum absolute atomic E-state index is 0.00181. The number of hydrogen-bond acceptors (Lipinski definition) is 6. The van der Waals surface area contributed by atoms with E-state index >= 15 is 0 Å². The Kier molecular flexibility index (Phi) is 3.49. The Morgan fingerprint density at radius 2 is 2.40 bits per heavy atom. The van der Waals surface area contributed by atoms with Crippen LogP contribution in [0, 0.1) is 29.6 Å². The highest BCUT2D eigenvalue weighted by atomic mass is 16.5. The zero-order valence-electron chi connectivity index (χ0n) is 11.6. The average Bonchev–Trinajstić information content (AvgIpc) is 2.71. The van der Waals surface area contributed by atoms with Gasteiger partial charge in [0.2, 0.25) is 11.8 Å². The molecule has 0 fully saturated rings. The molecule has 1 aromatic rings. The summed E-state index contributed by atoms with van der Waals surface area (Å²) in [6, 6.07) is 2.05. The van der Waals surface area contributed by atoms with Gasteiger partial charge in [0, 0.05) is 16.7 Å². The molecule has 1 aliphatic heterocycles. The van der Waals surface area contributed by atoms with Gasteiger partial charge in [-0.05, 0) is 13.8 Å². The highest BCUT2D eigenvalue weighted by molar-refractivity contribution is 5.86. The Hall–Kier alpha value is -2.36. The molecule has 1 aliphatic rings. The highest BCUT2D eigenvalue weighted by Gasteiger charge is 2.49. The van der Waals surface area contributed by atoms with Crippen molar-refractivity contribution in [3.05, 3.63) is 11.3 Å². The van der Waals surface area contributed by atoms with E-state index in [1.807, 2.05) is 0 Å². The first-order chi connectivity index (χ1) is 9.43. The molecule has 0 aromatic carbocycles. The molecule has 7 heteroatoms. The summed E-state index contributed by atoms with van der Waals surface area (Å²) in [5.41, 5.74) is 0.496. The maximum Gasteiger partial charge on any atom is 0.306 e. The number of aromatic nitrogens is 2. The number of nitrogens with zero attached hydrogens (tertiary/aromatic N) is 2. The van der Waals surface area contributed by atoms with Crippen LogP contribution in [-0.4, -0.2) is 28.7 Å². The summed E-state index contributed by atoms with van der Waals surface area (Å²) < 4.78 is 10.2. The topological polar surface area (TPSA) is 112 Å². The lowest BCUT2D eigenvalue weighted by atomic mass is 9.68. The van der Waals surface area contributed by atoms with Crippen molar-refractivity contribution in [1.82, 2.24) is 10.2 Å². The van der Waals surface area contributed by atoms with E-state index in [0.717, 1.165) is 5.69 Å². The van der Waals surface area contributed by atoms with E-state index in [-0.39, 0.29) is 24.8 Å². The molecule has 20 heavy (non-hydrogen) atoms. The van der Waals surface area contributed by atoms with Crippen LogP contribution in [0.2, 0.25) is 0 Å². The molecule has 0 aliphatic carbocycles. The molecule has 2 rings (SSSR count). The monoisotopic (exact) mass is 276 g/mol. The summed E-state index contributed by atoms with van der Waals surface area (Å²) >= 11 is 0. The van der Waals surface area contributed by atoms with E-state index in [9.17, 15) is 10.1 Å². The minimum Gasteiger partial charge on any atom is -0.466 e. The summed E-state index contributed by atoms with van der Waals surface area (Å²) in [7, 11) is 0. The Labute approximate surface area is 116 Å². The van der Waals surface area contributed by atoms with Gasteiger partial charge in [-0.2, -0.15) is 5.26 Å². The Morgan fingerprint density at radius 3 is 3.00 bits per heavy atom. The third-order valence-corrected chi connectivity index (χ3v) is 3.54. The van der Waals surface area contributed by atoms with Crippen LogP contribution in [0.5, 0.6) is 5.88 Å². The van der Waals surface area contributed by atoms with E-state index in [1.165, 1.54) is 0 Å². The van der Waals surface area contributed by atoms with Gasteiger partial charge in [0.25, 0.3) is 0 Å². The maximum absolute atomic E-state index is 11.9. The zero-order valence-corrected chi connectivity index (χ0v) is 11.6. The Morgan fingerprint density at radius 1 is 1.70 bits per heavy atom. The summed E-state index contributed by atoms with van der Waals surface area (Å²) in [4.78, 5) is 11.9. The molecule has 1 aromatic heterocycles. The Bertz CT molecular complexity index is 601. The van der Waals surface area contributed by atoms with Crippen LogP contribution in [0.3, 0.4) is 0 Å². The molecule has 0 spiro atoms. The second-order valence-corrected chi connectivity index (χ2v) is 4.96. The number of ether oxygens (including phenoxy) is 2. The molecule has 7 nitrogen and oxygen atoms in total. The van der Waals surface area contributed by atoms with Gasteiger partial charge >= 0.3 is 5.97 Å². The number of H-pyrrole nitrogens is 1. The van der Waals surface area contributed by atoms with Crippen LogP contribution >= 0.6 is 0 Å². The quantitative estimate of drug-likeness (QED) is 0.811. The van der Waals surface area contributed by atoms with Gasteiger partial charge in [-0.15, -0.1) is 5.10 Å². The van der Waals surface area contributed by atoms with Crippen LogP contribution < -0.4 is 4.74 Å². The fraction of sp³-hybridized carbons (Fsp3) is 0.538. The molecule has 0 saturated carbocycles. The highest BCUT2D eigenvalue weighted by Crippen LogP contribution is 2.45. The third kappa shape index (κ3) is 2.03. The van der Waals surface area contributed by atoms with E-state index in [2.05, 4.69) is 16.3 Å². The fourth-order valence-corrected chi connectivity index (χ4v) is 2.65. The number of nitrogens with one attached hydrogen (secondary N) is 2. The molecule has 106 valence electrons. The van der Waals surface area contributed by atoms with Crippen molar-refractivity contribution in [2.24, 2.45) is 5.92 Å². The SMILES string of the molecule is CCOC(=O)CC1(C)c2c(n[nH]c2C)OC(=N)C1C#N. The molecular weight excluding hydrogens is 260 g/mol. The summed E-state index contributed by atoms with van der Waals surface area (Å²) in [5, 5.41) is 23.9. The fourth-order valence-electron chi connectivity index (χ4n) is 2.65. The lowest BCUT2D eigenvalue weighted by Crippen LogP contribution is -2.44. The first-order valence-electron chi connectivity index (χ1n) is 6.31. The van der Waals surface area contributed by atoms with Gasteiger partial charge in [-0.1, -0.05) is 6.92 Å². The molecule has 0 bridgehead atoms. The number of carbonyl (C=O) groups is 1. The molecule has 2 unspecified atom stereocenters. The average molecular weight is 276 g/mol. The van der Waals surface area contributed by atoms with Gasteiger partial charge < -0.3 is 9.47 Å². The predicted octanol–water partition coefficient (Wildman–Crippen LogP) is 1.44. The third-order valence-electron chi connectivity index (χ3n) is 3.54. The summed E-state index contributed by atoms with van der Waals surface area (Å²) in [6.07, 6.45) is -0.00181. The number of rotatable bonds is 3. The number of carbonyl (C=O) groups excluding carboxylic acids is 1. The molecule has 2 atom stereocenters. The second-order valence-electron chi connectivity index (χ2n) is 4.96. The maximum atomic E-state index is 11.9. The number of aromatic amines is 1. The van der Waals surface area contributed by atoms with E-state index in [1.54, 1.807) is 20.8 Å². The van der Waals surface area contributed by atoms with Crippen molar-refractivity contribution in [3.63, 3.8) is 0 Å². The van der Waals surface area contributed by atoms with Gasteiger partial charge in [0.15, 0.2) is 0 Å². The summed E-state index contributed by atoms with van der Waals surface area (Å²) in [6.45, 7) is 5.55. The normalized spacial score (nSPS) is 24.5. The molecule has 2 N–H and O–H groups in total. The zero-order chi connectivity index (χ0) is 14.9. The second kappa shape index (κ2) is 4.96. The number of hydrogen-bond donors (Lipinski definition) is 2. The molecule has 0 saturated heterocycles. The van der Waals surface area contributed by atoms with Crippen LogP contribution in [0.15, 0.2) is 0 Å². The van der Waals surface area contributed by atoms with Crippen molar-refractivity contribution in [3.8, 4) is 11.9 Å². The number of fused-ring (bicyclic) bond motifs is 1. The molecule has 0 radical (unpaired) electrons. The first kappa shape index (κ1) is 14.1. The van der Waals surface area contributed by atoms with Crippen LogP contribution in [-0.2, 0) is 14.9 Å². The van der Waals surface area contributed by atoms with E-state index < -0.39 is 17.3 Å².